The van der Waals surface area contributed by atoms with Crippen LogP contribution in [0.15, 0.2) is 42.5 Å². The number of hydrogen-bond donors (Lipinski definition) is 0. The van der Waals surface area contributed by atoms with Crippen molar-refractivity contribution in [2.24, 2.45) is 0 Å². The third-order valence-corrected chi connectivity index (χ3v) is 2.43. The van der Waals surface area contributed by atoms with Crippen LogP contribution in [0.3, 0.4) is 0 Å². The van der Waals surface area contributed by atoms with Crippen molar-refractivity contribution in [2.45, 2.75) is 0 Å². The number of benzene rings is 2. The smallest absolute Gasteiger partial charge is 0.126 e. The summed E-state index contributed by atoms with van der Waals surface area (Å²) < 4.78 is 5.29. The van der Waals surface area contributed by atoms with Gasteiger partial charge in [0.25, 0.3) is 0 Å². The Bertz CT molecular complexity index is 451. The standard InChI is InChI=1S/C13H10ClO/c1-15-13-8-7-11(14)9-12(13)10-5-3-2-4-6-10/h3-9H,1H3. The molecule has 0 heterocycles. The van der Waals surface area contributed by atoms with Gasteiger partial charge in [0.2, 0.25) is 0 Å². The zero-order valence-corrected chi connectivity index (χ0v) is 9.08. The van der Waals surface area contributed by atoms with Crippen LogP contribution in [0.4, 0.5) is 0 Å². The highest BCUT2D eigenvalue weighted by molar-refractivity contribution is 6.31. The molecule has 2 heteroatoms. The van der Waals surface area contributed by atoms with Crippen molar-refractivity contribution in [1.29, 1.82) is 0 Å². The predicted octanol–water partition coefficient (Wildman–Crippen LogP) is 3.82. The zero-order valence-electron chi connectivity index (χ0n) is 8.33. The Morgan fingerprint density at radius 2 is 1.87 bits per heavy atom. The van der Waals surface area contributed by atoms with E-state index in [1.54, 1.807) is 7.11 Å². The van der Waals surface area contributed by atoms with Gasteiger partial charge in [-0.2, -0.15) is 0 Å². The van der Waals surface area contributed by atoms with E-state index in [0.29, 0.717) is 5.02 Å². The van der Waals surface area contributed by atoms with Gasteiger partial charge in [0, 0.05) is 10.6 Å². The van der Waals surface area contributed by atoms with E-state index in [1.165, 1.54) is 0 Å². The van der Waals surface area contributed by atoms with Gasteiger partial charge in [0.1, 0.15) is 5.75 Å². The molecule has 0 fully saturated rings. The molecular weight excluding hydrogens is 208 g/mol. The van der Waals surface area contributed by atoms with Crippen molar-refractivity contribution in [3.63, 3.8) is 0 Å². The van der Waals surface area contributed by atoms with E-state index >= 15 is 0 Å². The summed E-state index contributed by atoms with van der Waals surface area (Å²) in [6.07, 6.45) is 0. The molecule has 0 aliphatic carbocycles. The molecule has 0 spiro atoms. The zero-order chi connectivity index (χ0) is 10.7. The van der Waals surface area contributed by atoms with Crippen LogP contribution >= 0.6 is 11.6 Å². The van der Waals surface area contributed by atoms with E-state index in [9.17, 15) is 0 Å². The molecule has 75 valence electrons. The van der Waals surface area contributed by atoms with E-state index in [0.717, 1.165) is 16.9 Å². The van der Waals surface area contributed by atoms with Gasteiger partial charge in [0.05, 0.1) is 7.11 Å². The summed E-state index contributed by atoms with van der Waals surface area (Å²) in [5.74, 6) is 0.825. The second-order valence-electron chi connectivity index (χ2n) is 3.13. The van der Waals surface area contributed by atoms with Crippen molar-refractivity contribution in [2.75, 3.05) is 7.11 Å². The fourth-order valence-corrected chi connectivity index (χ4v) is 1.64. The summed E-state index contributed by atoms with van der Waals surface area (Å²) in [6, 6.07) is 16.3. The highest BCUT2D eigenvalue weighted by Gasteiger charge is 2.05. The molecule has 0 amide bonds. The van der Waals surface area contributed by atoms with Gasteiger partial charge in [-0.1, -0.05) is 35.9 Å². The van der Waals surface area contributed by atoms with Gasteiger partial charge in [-0.25, -0.2) is 0 Å². The average Bonchev–Trinajstić information content (AvgIpc) is 2.30. The highest BCUT2D eigenvalue weighted by Crippen LogP contribution is 2.31. The first-order valence-corrected chi connectivity index (χ1v) is 4.99. The van der Waals surface area contributed by atoms with Crippen LogP contribution in [0.25, 0.3) is 11.1 Å². The molecule has 0 unspecified atom stereocenters. The van der Waals surface area contributed by atoms with E-state index in [1.807, 2.05) is 42.5 Å². The molecule has 0 aliphatic rings. The fourth-order valence-electron chi connectivity index (χ4n) is 1.47. The van der Waals surface area contributed by atoms with Gasteiger partial charge in [-0.3, -0.25) is 0 Å². The van der Waals surface area contributed by atoms with Gasteiger partial charge < -0.3 is 4.74 Å². The molecule has 0 saturated carbocycles. The van der Waals surface area contributed by atoms with Gasteiger partial charge in [-0.05, 0) is 29.8 Å². The number of hydrogen-bond acceptors (Lipinski definition) is 1. The molecule has 0 aromatic heterocycles. The van der Waals surface area contributed by atoms with E-state index in [4.69, 9.17) is 16.3 Å². The molecule has 2 rings (SSSR count). The monoisotopic (exact) mass is 217 g/mol. The normalized spacial score (nSPS) is 10.0. The SMILES string of the molecule is COc1ccc(Cl)cc1-c1cc[c]cc1. The minimum absolute atomic E-state index is 0.707. The first kappa shape index (κ1) is 10.1. The molecule has 0 aliphatic heterocycles. The van der Waals surface area contributed by atoms with Crippen LogP contribution in [-0.4, -0.2) is 7.11 Å². The summed E-state index contributed by atoms with van der Waals surface area (Å²) >= 11 is 5.96. The summed E-state index contributed by atoms with van der Waals surface area (Å²) in [5.41, 5.74) is 2.08. The molecule has 2 aromatic rings. The second kappa shape index (κ2) is 4.37. The second-order valence-corrected chi connectivity index (χ2v) is 3.57. The lowest BCUT2D eigenvalue weighted by atomic mass is 10.1. The quantitative estimate of drug-likeness (QED) is 0.743. The number of methoxy groups -OCH3 is 1. The van der Waals surface area contributed by atoms with E-state index in [-0.39, 0.29) is 0 Å². The molecule has 0 bridgehead atoms. The van der Waals surface area contributed by atoms with Crippen molar-refractivity contribution < 1.29 is 4.74 Å². The Morgan fingerprint density at radius 1 is 1.13 bits per heavy atom. The summed E-state index contributed by atoms with van der Waals surface area (Å²) in [5, 5.41) is 0.707. The maximum Gasteiger partial charge on any atom is 0.126 e. The molecule has 0 atom stereocenters. The minimum atomic E-state index is 0.707. The Hall–Kier alpha value is -1.47. The maximum atomic E-state index is 5.96. The van der Waals surface area contributed by atoms with E-state index in [2.05, 4.69) is 6.07 Å². The van der Waals surface area contributed by atoms with Crippen LogP contribution < -0.4 is 4.74 Å². The molecule has 0 saturated heterocycles. The first-order chi connectivity index (χ1) is 7.31. The van der Waals surface area contributed by atoms with Gasteiger partial charge in [-0.15, -0.1) is 0 Å². The van der Waals surface area contributed by atoms with Crippen LogP contribution in [0, 0.1) is 6.07 Å². The van der Waals surface area contributed by atoms with Crippen LogP contribution in [0.5, 0.6) is 5.75 Å². The van der Waals surface area contributed by atoms with Crippen molar-refractivity contribution in [3.05, 3.63) is 53.6 Å². The lowest BCUT2D eigenvalue weighted by Gasteiger charge is -2.08. The summed E-state index contributed by atoms with van der Waals surface area (Å²) in [6.45, 7) is 0. The highest BCUT2D eigenvalue weighted by atomic mass is 35.5. The Balaban J connectivity index is 2.56. The van der Waals surface area contributed by atoms with Gasteiger partial charge in [0.15, 0.2) is 0 Å². The van der Waals surface area contributed by atoms with Crippen LogP contribution in [-0.2, 0) is 0 Å². The van der Waals surface area contributed by atoms with Crippen LogP contribution in [0.1, 0.15) is 0 Å². The van der Waals surface area contributed by atoms with Crippen molar-refractivity contribution in [1.82, 2.24) is 0 Å². The Labute approximate surface area is 94.3 Å². The minimum Gasteiger partial charge on any atom is -0.496 e. The van der Waals surface area contributed by atoms with E-state index < -0.39 is 0 Å². The summed E-state index contributed by atoms with van der Waals surface area (Å²) in [7, 11) is 1.65. The number of halogens is 1. The largest absolute Gasteiger partial charge is 0.496 e. The molecule has 2 aromatic carbocycles. The maximum absolute atomic E-state index is 5.96. The third kappa shape index (κ3) is 2.13. The van der Waals surface area contributed by atoms with Crippen molar-refractivity contribution in [3.8, 4) is 16.9 Å². The van der Waals surface area contributed by atoms with Gasteiger partial charge >= 0.3 is 0 Å². The Kier molecular flexibility index (Phi) is 2.93. The summed E-state index contributed by atoms with van der Waals surface area (Å²) in [4.78, 5) is 0. The number of ether oxygens (including phenoxy) is 1. The lowest BCUT2D eigenvalue weighted by molar-refractivity contribution is 0.416. The molecule has 15 heavy (non-hydrogen) atoms. The molecule has 1 nitrogen and oxygen atoms in total. The molecular formula is C13H10ClO. The molecule has 1 radical (unpaired) electrons. The topological polar surface area (TPSA) is 9.23 Å². The lowest BCUT2D eigenvalue weighted by Crippen LogP contribution is -1.87. The fraction of sp³-hybridized carbons (Fsp3) is 0.0769. The average molecular weight is 218 g/mol. The third-order valence-electron chi connectivity index (χ3n) is 2.19. The number of rotatable bonds is 2. The predicted molar refractivity (Wildman–Crippen MR) is 62.3 cm³/mol. The molecule has 0 N–H and O–H groups in total. The Morgan fingerprint density at radius 3 is 2.53 bits per heavy atom. The first-order valence-electron chi connectivity index (χ1n) is 4.61. The van der Waals surface area contributed by atoms with Crippen molar-refractivity contribution >= 4 is 11.6 Å². The van der Waals surface area contributed by atoms with Crippen LogP contribution in [0.2, 0.25) is 5.02 Å².